The zero-order valence-electron chi connectivity index (χ0n) is 14.4. The molecule has 0 bridgehead atoms. The van der Waals surface area contributed by atoms with Crippen LogP contribution < -0.4 is 10.6 Å². The van der Waals surface area contributed by atoms with Crippen molar-refractivity contribution >= 4 is 39.9 Å². The summed E-state index contributed by atoms with van der Waals surface area (Å²) in [5.41, 5.74) is 2.49. The Kier molecular flexibility index (Phi) is 5.54. The molecule has 0 aliphatic rings. The minimum Gasteiger partial charge on any atom is -0.347 e. The summed E-state index contributed by atoms with van der Waals surface area (Å²) in [7, 11) is 0. The molecule has 0 aliphatic carbocycles. The second-order valence-corrected chi connectivity index (χ2v) is 6.54. The molecule has 0 fully saturated rings. The van der Waals surface area contributed by atoms with E-state index in [0.717, 1.165) is 21.9 Å². The van der Waals surface area contributed by atoms with E-state index >= 15 is 0 Å². The highest BCUT2D eigenvalue weighted by Crippen LogP contribution is 2.20. The van der Waals surface area contributed by atoms with Gasteiger partial charge < -0.3 is 10.6 Å². The third kappa shape index (κ3) is 4.41. The van der Waals surface area contributed by atoms with Crippen molar-refractivity contribution in [3.05, 3.63) is 76.8 Å². The van der Waals surface area contributed by atoms with Gasteiger partial charge in [-0.15, -0.1) is 0 Å². The van der Waals surface area contributed by atoms with Gasteiger partial charge in [0.2, 0.25) is 11.8 Å². The number of anilines is 1. The summed E-state index contributed by atoms with van der Waals surface area (Å²) >= 11 is 5.90. The van der Waals surface area contributed by atoms with E-state index in [4.69, 9.17) is 11.6 Å². The number of fused-ring (bicyclic) bond motifs is 1. The first-order valence-electron chi connectivity index (χ1n) is 8.32. The molecule has 0 aliphatic heterocycles. The summed E-state index contributed by atoms with van der Waals surface area (Å²) in [5, 5.41) is 8.20. The molecule has 132 valence electrons. The summed E-state index contributed by atoms with van der Waals surface area (Å²) in [6.45, 7) is 1.78. The lowest BCUT2D eigenvalue weighted by atomic mass is 10.0. The molecule has 0 heterocycles. The number of hydrogen-bond donors (Lipinski definition) is 2. The second-order valence-electron chi connectivity index (χ2n) is 6.10. The predicted octanol–water partition coefficient (Wildman–Crippen LogP) is 4.10. The van der Waals surface area contributed by atoms with E-state index in [2.05, 4.69) is 10.6 Å². The van der Waals surface area contributed by atoms with Gasteiger partial charge in [0, 0.05) is 10.7 Å². The number of benzene rings is 3. The highest BCUT2D eigenvalue weighted by molar-refractivity contribution is 6.30. The highest BCUT2D eigenvalue weighted by Gasteiger charge is 2.10. The first kappa shape index (κ1) is 18.0. The molecule has 0 saturated heterocycles. The van der Waals surface area contributed by atoms with E-state index in [1.165, 1.54) is 0 Å². The number of hydrogen-bond acceptors (Lipinski definition) is 2. The smallest absolute Gasteiger partial charge is 0.243 e. The number of carbonyl (C=O) groups is 2. The quantitative estimate of drug-likeness (QED) is 0.714. The summed E-state index contributed by atoms with van der Waals surface area (Å²) in [6.07, 6.45) is 0.231. The lowest BCUT2D eigenvalue weighted by Gasteiger charge is -2.10. The molecule has 0 spiro atoms. The molecule has 0 aromatic heterocycles. The predicted molar refractivity (Wildman–Crippen MR) is 105 cm³/mol. The van der Waals surface area contributed by atoms with Crippen molar-refractivity contribution in [3.8, 4) is 0 Å². The van der Waals surface area contributed by atoms with Crippen LogP contribution in [0, 0.1) is 6.92 Å². The Hall–Kier alpha value is -2.85. The van der Waals surface area contributed by atoms with Crippen LogP contribution in [0.4, 0.5) is 5.69 Å². The highest BCUT2D eigenvalue weighted by atomic mass is 35.5. The van der Waals surface area contributed by atoms with Gasteiger partial charge in [0.05, 0.1) is 13.0 Å². The van der Waals surface area contributed by atoms with Crippen molar-refractivity contribution in [1.82, 2.24) is 5.32 Å². The molecule has 0 saturated carbocycles. The van der Waals surface area contributed by atoms with Gasteiger partial charge in [-0.3, -0.25) is 9.59 Å². The summed E-state index contributed by atoms with van der Waals surface area (Å²) in [6, 6.07) is 19.0. The number of carbonyl (C=O) groups excluding carboxylic acids is 2. The van der Waals surface area contributed by atoms with Crippen molar-refractivity contribution in [1.29, 1.82) is 0 Å². The zero-order valence-corrected chi connectivity index (χ0v) is 15.1. The van der Waals surface area contributed by atoms with E-state index in [-0.39, 0.29) is 24.8 Å². The van der Waals surface area contributed by atoms with Crippen LogP contribution in [-0.4, -0.2) is 18.4 Å². The molecule has 26 heavy (non-hydrogen) atoms. The SMILES string of the molecule is Cc1cc(Cl)ccc1NC(=O)CNC(=O)Cc1cccc2ccccc12. The monoisotopic (exact) mass is 366 g/mol. The van der Waals surface area contributed by atoms with Crippen molar-refractivity contribution in [3.63, 3.8) is 0 Å². The molecule has 2 amide bonds. The zero-order chi connectivity index (χ0) is 18.5. The fraction of sp³-hybridized carbons (Fsp3) is 0.143. The van der Waals surface area contributed by atoms with Gasteiger partial charge in [0.15, 0.2) is 0 Å². The van der Waals surface area contributed by atoms with Gasteiger partial charge in [-0.2, -0.15) is 0 Å². The average molecular weight is 367 g/mol. The van der Waals surface area contributed by atoms with Gasteiger partial charge in [0.1, 0.15) is 0 Å². The molecule has 0 atom stereocenters. The van der Waals surface area contributed by atoms with Crippen molar-refractivity contribution in [2.45, 2.75) is 13.3 Å². The van der Waals surface area contributed by atoms with Crippen molar-refractivity contribution < 1.29 is 9.59 Å². The van der Waals surface area contributed by atoms with Crippen LogP contribution in [-0.2, 0) is 16.0 Å². The topological polar surface area (TPSA) is 58.2 Å². The number of nitrogens with one attached hydrogen (secondary N) is 2. The Labute approximate surface area is 157 Å². The van der Waals surface area contributed by atoms with E-state index in [9.17, 15) is 9.59 Å². The normalized spacial score (nSPS) is 10.5. The van der Waals surface area contributed by atoms with Gasteiger partial charge in [-0.05, 0) is 47.0 Å². The van der Waals surface area contributed by atoms with Crippen LogP contribution in [0.1, 0.15) is 11.1 Å². The molecule has 3 aromatic carbocycles. The largest absolute Gasteiger partial charge is 0.347 e. The number of aryl methyl sites for hydroxylation is 1. The van der Waals surface area contributed by atoms with Gasteiger partial charge in [-0.25, -0.2) is 0 Å². The number of rotatable bonds is 5. The first-order chi connectivity index (χ1) is 12.5. The van der Waals surface area contributed by atoms with Crippen LogP contribution in [0.5, 0.6) is 0 Å². The molecule has 0 radical (unpaired) electrons. The van der Waals surface area contributed by atoms with E-state index in [1.54, 1.807) is 18.2 Å². The summed E-state index contributed by atoms with van der Waals surface area (Å²) < 4.78 is 0. The third-order valence-corrected chi connectivity index (χ3v) is 4.37. The van der Waals surface area contributed by atoms with Crippen LogP contribution in [0.15, 0.2) is 60.7 Å². The van der Waals surface area contributed by atoms with Crippen LogP contribution in [0.3, 0.4) is 0 Å². The average Bonchev–Trinajstić information content (AvgIpc) is 2.63. The summed E-state index contributed by atoms with van der Waals surface area (Å²) in [5.74, 6) is -0.467. The van der Waals surface area contributed by atoms with Crippen molar-refractivity contribution in [2.24, 2.45) is 0 Å². The minimum atomic E-state index is -0.276. The molecule has 4 nitrogen and oxygen atoms in total. The van der Waals surface area contributed by atoms with E-state index in [1.807, 2.05) is 49.4 Å². The Morgan fingerprint density at radius 3 is 2.54 bits per heavy atom. The molecule has 2 N–H and O–H groups in total. The maximum Gasteiger partial charge on any atom is 0.243 e. The lowest BCUT2D eigenvalue weighted by molar-refractivity contribution is -0.123. The molecule has 3 rings (SSSR count). The standard InChI is InChI=1S/C21H19ClN2O2/c1-14-11-17(22)9-10-19(14)24-21(26)13-23-20(25)12-16-7-4-6-15-5-2-3-8-18(15)16/h2-11H,12-13H2,1H3,(H,23,25)(H,24,26). The maximum absolute atomic E-state index is 12.2. The fourth-order valence-electron chi connectivity index (χ4n) is 2.82. The minimum absolute atomic E-state index is 0.0777. The molecule has 5 heteroatoms. The number of halogens is 1. The molecule has 0 unspecified atom stereocenters. The van der Waals surface area contributed by atoms with Crippen LogP contribution in [0.2, 0.25) is 5.02 Å². The third-order valence-electron chi connectivity index (χ3n) is 4.14. The van der Waals surface area contributed by atoms with E-state index in [0.29, 0.717) is 10.7 Å². The van der Waals surface area contributed by atoms with E-state index < -0.39 is 0 Å². The van der Waals surface area contributed by atoms with Gasteiger partial charge in [-0.1, -0.05) is 54.1 Å². The van der Waals surface area contributed by atoms with Crippen molar-refractivity contribution in [2.75, 3.05) is 11.9 Å². The Morgan fingerprint density at radius 1 is 0.962 bits per heavy atom. The lowest BCUT2D eigenvalue weighted by Crippen LogP contribution is -2.33. The van der Waals surface area contributed by atoms with Gasteiger partial charge >= 0.3 is 0 Å². The molecular weight excluding hydrogens is 348 g/mol. The number of amides is 2. The fourth-order valence-corrected chi connectivity index (χ4v) is 3.05. The molecular formula is C21H19ClN2O2. The van der Waals surface area contributed by atoms with Gasteiger partial charge in [0.25, 0.3) is 0 Å². The van der Waals surface area contributed by atoms with Crippen LogP contribution >= 0.6 is 11.6 Å². The Balaban J connectivity index is 1.57. The second kappa shape index (κ2) is 8.02. The maximum atomic E-state index is 12.2. The Bertz CT molecular complexity index is 964. The first-order valence-corrected chi connectivity index (χ1v) is 8.70. The van der Waals surface area contributed by atoms with Crippen LogP contribution in [0.25, 0.3) is 10.8 Å². The Morgan fingerprint density at radius 2 is 1.73 bits per heavy atom. The summed E-state index contributed by atoms with van der Waals surface area (Å²) in [4.78, 5) is 24.3. The molecule has 3 aromatic rings.